The Morgan fingerprint density at radius 2 is 2.11 bits per heavy atom. The SMILES string of the molecule is CCc1c(C(=O)N2CCCC(CCC(=O)O)C2)cnn1-c1ccccc1OC. The van der Waals surface area contributed by atoms with E-state index in [0.29, 0.717) is 37.2 Å². The highest BCUT2D eigenvalue weighted by Gasteiger charge is 2.28. The van der Waals surface area contributed by atoms with Gasteiger partial charge in [0.2, 0.25) is 0 Å². The number of methoxy groups -OCH3 is 1. The van der Waals surface area contributed by atoms with Gasteiger partial charge in [0.05, 0.1) is 24.6 Å². The molecule has 1 saturated heterocycles. The predicted molar refractivity (Wildman–Crippen MR) is 105 cm³/mol. The summed E-state index contributed by atoms with van der Waals surface area (Å²) in [6.45, 7) is 3.31. The summed E-state index contributed by atoms with van der Waals surface area (Å²) in [6.07, 6.45) is 4.93. The molecule has 2 heterocycles. The molecule has 0 spiro atoms. The maximum Gasteiger partial charge on any atom is 0.303 e. The highest BCUT2D eigenvalue weighted by atomic mass is 16.5. The van der Waals surface area contributed by atoms with Gasteiger partial charge in [0, 0.05) is 19.5 Å². The van der Waals surface area contributed by atoms with Crippen LogP contribution in [0.3, 0.4) is 0 Å². The van der Waals surface area contributed by atoms with Gasteiger partial charge in [0.1, 0.15) is 11.4 Å². The van der Waals surface area contributed by atoms with Crippen LogP contribution in [-0.4, -0.2) is 51.9 Å². The van der Waals surface area contributed by atoms with E-state index in [1.54, 1.807) is 18.0 Å². The highest BCUT2D eigenvalue weighted by molar-refractivity contribution is 5.95. The maximum atomic E-state index is 13.2. The van der Waals surface area contributed by atoms with Crippen molar-refractivity contribution in [1.29, 1.82) is 0 Å². The van der Waals surface area contributed by atoms with Crippen LogP contribution in [0, 0.1) is 5.92 Å². The lowest BCUT2D eigenvalue weighted by atomic mass is 9.93. The van der Waals surface area contributed by atoms with Crippen LogP contribution in [0.4, 0.5) is 0 Å². The average Bonchev–Trinajstić information content (AvgIpc) is 3.15. The fraction of sp³-hybridized carbons (Fsp3) is 0.476. The Balaban J connectivity index is 1.82. The lowest BCUT2D eigenvalue weighted by molar-refractivity contribution is -0.137. The number of carboxylic acid groups (broad SMARTS) is 1. The summed E-state index contributed by atoms with van der Waals surface area (Å²) in [6, 6.07) is 7.60. The monoisotopic (exact) mass is 385 g/mol. The van der Waals surface area contributed by atoms with Crippen LogP contribution in [0.1, 0.15) is 48.7 Å². The maximum absolute atomic E-state index is 13.2. The molecule has 150 valence electrons. The van der Waals surface area contributed by atoms with Crippen molar-refractivity contribution in [2.75, 3.05) is 20.2 Å². The molecule has 7 nitrogen and oxygen atoms in total. The topological polar surface area (TPSA) is 84.7 Å². The van der Waals surface area contributed by atoms with Gasteiger partial charge < -0.3 is 14.7 Å². The second-order valence-corrected chi connectivity index (χ2v) is 7.13. The second-order valence-electron chi connectivity index (χ2n) is 7.13. The number of carboxylic acids is 1. The number of benzene rings is 1. The summed E-state index contributed by atoms with van der Waals surface area (Å²) in [5.74, 6) is 0.127. The molecule has 1 aliphatic rings. The van der Waals surface area contributed by atoms with Crippen LogP contribution in [0.5, 0.6) is 5.75 Å². The molecule has 1 fully saturated rings. The third kappa shape index (κ3) is 4.18. The van der Waals surface area contributed by atoms with E-state index in [1.165, 1.54) is 0 Å². The van der Waals surface area contributed by atoms with E-state index < -0.39 is 5.97 Å². The Hall–Kier alpha value is -2.83. The molecule has 2 aromatic rings. The molecule has 1 aromatic heterocycles. The molecule has 0 bridgehead atoms. The quantitative estimate of drug-likeness (QED) is 0.791. The van der Waals surface area contributed by atoms with Gasteiger partial charge in [-0.25, -0.2) is 4.68 Å². The van der Waals surface area contributed by atoms with E-state index in [-0.39, 0.29) is 18.2 Å². The molecule has 1 aliphatic heterocycles. The van der Waals surface area contributed by atoms with Crippen molar-refractivity contribution in [3.8, 4) is 11.4 Å². The molecule has 0 aliphatic carbocycles. The van der Waals surface area contributed by atoms with Gasteiger partial charge in [-0.3, -0.25) is 9.59 Å². The Bertz CT molecular complexity index is 846. The van der Waals surface area contributed by atoms with Gasteiger partial charge in [-0.2, -0.15) is 5.10 Å². The van der Waals surface area contributed by atoms with Gasteiger partial charge >= 0.3 is 5.97 Å². The first-order chi connectivity index (χ1) is 13.5. The number of piperidine rings is 1. The zero-order chi connectivity index (χ0) is 20.1. The molecular weight excluding hydrogens is 358 g/mol. The molecule has 28 heavy (non-hydrogen) atoms. The number of carbonyl (C=O) groups is 2. The average molecular weight is 385 g/mol. The summed E-state index contributed by atoms with van der Waals surface area (Å²) in [4.78, 5) is 25.9. The van der Waals surface area contributed by atoms with E-state index in [4.69, 9.17) is 9.84 Å². The third-order valence-corrected chi connectivity index (χ3v) is 5.32. The number of hydrogen-bond donors (Lipinski definition) is 1. The lowest BCUT2D eigenvalue weighted by Gasteiger charge is -2.32. The van der Waals surface area contributed by atoms with Crippen molar-refractivity contribution in [1.82, 2.24) is 14.7 Å². The summed E-state index contributed by atoms with van der Waals surface area (Å²) < 4.78 is 7.22. The number of ether oxygens (including phenoxy) is 1. The van der Waals surface area contributed by atoms with Gasteiger partial charge in [0.25, 0.3) is 5.91 Å². The first-order valence-electron chi connectivity index (χ1n) is 9.76. The zero-order valence-corrected chi connectivity index (χ0v) is 16.4. The van der Waals surface area contributed by atoms with Crippen molar-refractivity contribution in [2.24, 2.45) is 5.92 Å². The molecule has 1 aromatic carbocycles. The van der Waals surface area contributed by atoms with E-state index in [0.717, 1.165) is 24.2 Å². The standard InChI is InChI=1S/C21H27N3O4/c1-3-17-16(13-22-24(17)18-8-4-5-9-19(18)28-2)21(27)23-12-6-7-15(14-23)10-11-20(25)26/h4-5,8-9,13,15H,3,6-7,10-12,14H2,1-2H3,(H,25,26). The van der Waals surface area contributed by atoms with E-state index in [1.807, 2.05) is 36.1 Å². The van der Waals surface area contributed by atoms with Crippen molar-refractivity contribution < 1.29 is 19.4 Å². The number of hydrogen-bond acceptors (Lipinski definition) is 4. The molecule has 1 unspecified atom stereocenters. The fourth-order valence-corrected chi connectivity index (χ4v) is 3.89. The largest absolute Gasteiger partial charge is 0.494 e. The number of aromatic nitrogens is 2. The Morgan fingerprint density at radius 1 is 1.32 bits per heavy atom. The van der Waals surface area contributed by atoms with Gasteiger partial charge in [0.15, 0.2) is 0 Å². The van der Waals surface area contributed by atoms with Crippen molar-refractivity contribution in [3.05, 3.63) is 41.7 Å². The minimum Gasteiger partial charge on any atom is -0.494 e. The summed E-state index contributed by atoms with van der Waals surface area (Å²) >= 11 is 0. The number of likely N-dealkylation sites (tertiary alicyclic amines) is 1. The molecule has 1 amide bonds. The molecule has 3 rings (SSSR count). The van der Waals surface area contributed by atoms with Crippen LogP contribution in [0.25, 0.3) is 5.69 Å². The van der Waals surface area contributed by atoms with Crippen LogP contribution in [0.15, 0.2) is 30.5 Å². The van der Waals surface area contributed by atoms with Gasteiger partial charge in [-0.05, 0) is 43.7 Å². The van der Waals surface area contributed by atoms with E-state index >= 15 is 0 Å². The van der Waals surface area contributed by atoms with Crippen LogP contribution in [-0.2, 0) is 11.2 Å². The molecule has 7 heteroatoms. The Labute approximate surface area is 164 Å². The Kier molecular flexibility index (Phi) is 6.34. The molecule has 1 atom stereocenters. The first-order valence-corrected chi connectivity index (χ1v) is 9.76. The number of carbonyl (C=O) groups excluding carboxylic acids is 1. The minimum absolute atomic E-state index is 0.0296. The van der Waals surface area contributed by atoms with E-state index in [2.05, 4.69) is 5.10 Å². The lowest BCUT2D eigenvalue weighted by Crippen LogP contribution is -2.40. The van der Waals surface area contributed by atoms with Crippen molar-refractivity contribution in [2.45, 2.75) is 39.0 Å². The molecule has 1 N–H and O–H groups in total. The van der Waals surface area contributed by atoms with Crippen molar-refractivity contribution >= 4 is 11.9 Å². The summed E-state index contributed by atoms with van der Waals surface area (Å²) in [5, 5.41) is 13.4. The molecule has 0 saturated carbocycles. The predicted octanol–water partition coefficient (Wildman–Crippen LogP) is 3.16. The molecule has 0 radical (unpaired) electrons. The first kappa shape index (κ1) is 19.9. The summed E-state index contributed by atoms with van der Waals surface area (Å²) in [7, 11) is 1.62. The molecular formula is C21H27N3O4. The third-order valence-electron chi connectivity index (χ3n) is 5.32. The van der Waals surface area contributed by atoms with Gasteiger partial charge in [-0.15, -0.1) is 0 Å². The zero-order valence-electron chi connectivity index (χ0n) is 16.4. The second kappa shape index (κ2) is 8.91. The highest BCUT2D eigenvalue weighted by Crippen LogP contribution is 2.27. The van der Waals surface area contributed by atoms with Crippen molar-refractivity contribution in [3.63, 3.8) is 0 Å². The smallest absolute Gasteiger partial charge is 0.303 e. The number of nitrogens with zero attached hydrogens (tertiary/aromatic N) is 3. The van der Waals surface area contributed by atoms with Crippen LogP contribution < -0.4 is 4.74 Å². The number of para-hydroxylation sites is 2. The Morgan fingerprint density at radius 3 is 2.82 bits per heavy atom. The number of rotatable bonds is 7. The normalized spacial score (nSPS) is 16.8. The van der Waals surface area contributed by atoms with Crippen LogP contribution >= 0.6 is 0 Å². The van der Waals surface area contributed by atoms with Crippen LogP contribution in [0.2, 0.25) is 0 Å². The number of aliphatic carboxylic acids is 1. The minimum atomic E-state index is -0.783. The van der Waals surface area contributed by atoms with Gasteiger partial charge in [-0.1, -0.05) is 19.1 Å². The van der Waals surface area contributed by atoms with E-state index in [9.17, 15) is 9.59 Å². The summed E-state index contributed by atoms with van der Waals surface area (Å²) in [5.41, 5.74) is 2.26. The number of amides is 1. The fourth-order valence-electron chi connectivity index (χ4n) is 3.89.